The maximum atomic E-state index is 13.0. The lowest BCUT2D eigenvalue weighted by atomic mass is 10.1. The Labute approximate surface area is 173 Å². The van der Waals surface area contributed by atoms with Gasteiger partial charge in [0.05, 0.1) is 26.4 Å². The number of amides is 2. The van der Waals surface area contributed by atoms with Crippen molar-refractivity contribution < 1.29 is 19.1 Å². The number of carbonyl (C=O) groups excluding carboxylic acids is 2. The van der Waals surface area contributed by atoms with Crippen molar-refractivity contribution in [3.8, 4) is 5.75 Å². The first-order valence-corrected chi connectivity index (χ1v) is 10.5. The van der Waals surface area contributed by atoms with Crippen LogP contribution in [0, 0.1) is 6.92 Å². The molecule has 0 aromatic heterocycles. The molecule has 3 rings (SSSR count). The number of hydrogen-bond acceptors (Lipinski definition) is 5. The Morgan fingerprint density at radius 3 is 2.69 bits per heavy atom. The molecule has 2 saturated heterocycles. The van der Waals surface area contributed by atoms with E-state index in [4.69, 9.17) is 9.47 Å². The molecule has 2 aliphatic rings. The molecule has 2 fully saturated rings. The highest BCUT2D eigenvalue weighted by atomic mass is 16.5. The molecule has 1 unspecified atom stereocenters. The molecule has 2 amide bonds. The van der Waals surface area contributed by atoms with Crippen molar-refractivity contribution in [2.45, 2.75) is 32.7 Å². The molecule has 0 spiro atoms. The number of methoxy groups -OCH3 is 1. The third kappa shape index (κ3) is 5.28. The van der Waals surface area contributed by atoms with E-state index in [9.17, 15) is 9.59 Å². The number of benzene rings is 1. The fourth-order valence-corrected chi connectivity index (χ4v) is 4.30. The monoisotopic (exact) mass is 403 g/mol. The van der Waals surface area contributed by atoms with E-state index >= 15 is 0 Å². The molecule has 29 heavy (non-hydrogen) atoms. The molecule has 0 aliphatic carbocycles. The molecule has 0 radical (unpaired) electrons. The minimum atomic E-state index is 0.0146. The van der Waals surface area contributed by atoms with Crippen LogP contribution in [0.4, 0.5) is 0 Å². The van der Waals surface area contributed by atoms with E-state index in [2.05, 4.69) is 4.90 Å². The SMILES string of the molecule is COc1cccc(C(=O)N2CCC(N(CCCN3CCOCC3)C(C)=O)C2)c1C. The van der Waals surface area contributed by atoms with Crippen molar-refractivity contribution in [2.75, 3.05) is 59.6 Å². The normalized spacial score (nSPS) is 20.0. The summed E-state index contributed by atoms with van der Waals surface area (Å²) in [6.07, 6.45) is 1.77. The average Bonchev–Trinajstić information content (AvgIpc) is 3.21. The summed E-state index contributed by atoms with van der Waals surface area (Å²) >= 11 is 0. The molecule has 0 N–H and O–H groups in total. The molecule has 2 heterocycles. The third-order valence-electron chi connectivity index (χ3n) is 6.01. The first kappa shape index (κ1) is 21.6. The highest BCUT2D eigenvalue weighted by Crippen LogP contribution is 2.25. The molecule has 1 atom stereocenters. The Kier molecular flexibility index (Phi) is 7.50. The zero-order chi connectivity index (χ0) is 20.8. The van der Waals surface area contributed by atoms with Gasteiger partial charge in [-0.25, -0.2) is 0 Å². The molecule has 160 valence electrons. The lowest BCUT2D eigenvalue weighted by Gasteiger charge is -2.31. The smallest absolute Gasteiger partial charge is 0.254 e. The van der Waals surface area contributed by atoms with E-state index in [-0.39, 0.29) is 17.9 Å². The van der Waals surface area contributed by atoms with Crippen LogP contribution in [-0.4, -0.2) is 92.1 Å². The van der Waals surface area contributed by atoms with E-state index in [1.165, 1.54) is 0 Å². The number of ether oxygens (including phenoxy) is 2. The largest absolute Gasteiger partial charge is 0.496 e. The fraction of sp³-hybridized carbons (Fsp3) is 0.636. The molecular weight excluding hydrogens is 370 g/mol. The fourth-order valence-electron chi connectivity index (χ4n) is 4.30. The number of nitrogens with zero attached hydrogens (tertiary/aromatic N) is 3. The minimum Gasteiger partial charge on any atom is -0.496 e. The standard InChI is InChI=1S/C22H33N3O4/c1-17-20(6-4-7-21(17)28-3)22(27)24-11-8-19(16-24)25(18(2)26)10-5-9-23-12-14-29-15-13-23/h4,6-7,19H,5,8-16H2,1-3H3. The van der Waals surface area contributed by atoms with Gasteiger partial charge in [0.1, 0.15) is 5.75 Å². The van der Waals surface area contributed by atoms with Crippen LogP contribution in [0.5, 0.6) is 5.75 Å². The summed E-state index contributed by atoms with van der Waals surface area (Å²) in [6, 6.07) is 5.65. The minimum absolute atomic E-state index is 0.0146. The van der Waals surface area contributed by atoms with Crippen LogP contribution in [-0.2, 0) is 9.53 Å². The van der Waals surface area contributed by atoms with Crippen molar-refractivity contribution in [3.63, 3.8) is 0 Å². The molecule has 0 saturated carbocycles. The van der Waals surface area contributed by atoms with Crippen LogP contribution in [0.3, 0.4) is 0 Å². The van der Waals surface area contributed by atoms with Gasteiger partial charge in [-0.2, -0.15) is 0 Å². The maximum Gasteiger partial charge on any atom is 0.254 e. The van der Waals surface area contributed by atoms with E-state index in [1.54, 1.807) is 14.0 Å². The van der Waals surface area contributed by atoms with Crippen molar-refractivity contribution >= 4 is 11.8 Å². The summed E-state index contributed by atoms with van der Waals surface area (Å²) in [6.45, 7) is 10.0. The van der Waals surface area contributed by atoms with Gasteiger partial charge in [0.15, 0.2) is 0 Å². The maximum absolute atomic E-state index is 13.0. The van der Waals surface area contributed by atoms with Crippen LogP contribution < -0.4 is 4.74 Å². The van der Waals surface area contributed by atoms with Crippen LogP contribution in [0.15, 0.2) is 18.2 Å². The quantitative estimate of drug-likeness (QED) is 0.695. The predicted octanol–water partition coefficient (Wildman–Crippen LogP) is 1.79. The molecular formula is C22H33N3O4. The summed E-state index contributed by atoms with van der Waals surface area (Å²) < 4.78 is 10.7. The number of rotatable bonds is 7. The second-order valence-corrected chi connectivity index (χ2v) is 7.85. The van der Waals surface area contributed by atoms with Gasteiger partial charge in [-0.05, 0) is 31.9 Å². The molecule has 0 bridgehead atoms. The van der Waals surface area contributed by atoms with Crippen molar-refractivity contribution in [3.05, 3.63) is 29.3 Å². The van der Waals surface area contributed by atoms with Gasteiger partial charge < -0.3 is 19.3 Å². The second-order valence-electron chi connectivity index (χ2n) is 7.85. The Morgan fingerprint density at radius 2 is 2.00 bits per heavy atom. The second kappa shape index (κ2) is 10.1. The number of carbonyl (C=O) groups is 2. The van der Waals surface area contributed by atoms with Crippen LogP contribution in [0.2, 0.25) is 0 Å². The van der Waals surface area contributed by atoms with Gasteiger partial charge in [-0.3, -0.25) is 14.5 Å². The van der Waals surface area contributed by atoms with E-state index in [1.807, 2.05) is 34.9 Å². The Balaban J connectivity index is 1.57. The van der Waals surface area contributed by atoms with Crippen molar-refractivity contribution in [1.29, 1.82) is 0 Å². The lowest BCUT2D eigenvalue weighted by Crippen LogP contribution is -2.44. The van der Waals surface area contributed by atoms with E-state index < -0.39 is 0 Å². The van der Waals surface area contributed by atoms with Gasteiger partial charge in [0, 0.05) is 57.3 Å². The van der Waals surface area contributed by atoms with E-state index in [0.717, 1.165) is 63.5 Å². The van der Waals surface area contributed by atoms with Crippen LogP contribution in [0.25, 0.3) is 0 Å². The summed E-state index contributed by atoms with van der Waals surface area (Å²) in [5.74, 6) is 0.824. The molecule has 1 aromatic carbocycles. The summed E-state index contributed by atoms with van der Waals surface area (Å²) in [5.41, 5.74) is 1.53. The zero-order valence-corrected chi connectivity index (χ0v) is 17.9. The summed E-state index contributed by atoms with van der Waals surface area (Å²) in [5, 5.41) is 0. The van der Waals surface area contributed by atoms with Gasteiger partial charge in [0.2, 0.25) is 5.91 Å². The van der Waals surface area contributed by atoms with Gasteiger partial charge in [0.25, 0.3) is 5.91 Å². The zero-order valence-electron chi connectivity index (χ0n) is 17.9. The van der Waals surface area contributed by atoms with Gasteiger partial charge >= 0.3 is 0 Å². The Bertz CT molecular complexity index is 718. The number of hydrogen-bond donors (Lipinski definition) is 0. The van der Waals surface area contributed by atoms with Gasteiger partial charge in [-0.1, -0.05) is 6.07 Å². The highest BCUT2D eigenvalue weighted by molar-refractivity contribution is 5.96. The van der Waals surface area contributed by atoms with E-state index in [0.29, 0.717) is 18.7 Å². The first-order valence-electron chi connectivity index (χ1n) is 10.5. The first-order chi connectivity index (χ1) is 14.0. The molecule has 2 aliphatic heterocycles. The molecule has 7 nitrogen and oxygen atoms in total. The van der Waals surface area contributed by atoms with Crippen molar-refractivity contribution in [1.82, 2.24) is 14.7 Å². The predicted molar refractivity (Wildman–Crippen MR) is 111 cm³/mol. The average molecular weight is 404 g/mol. The van der Waals surface area contributed by atoms with Gasteiger partial charge in [-0.15, -0.1) is 0 Å². The lowest BCUT2D eigenvalue weighted by molar-refractivity contribution is -0.131. The summed E-state index contributed by atoms with van der Waals surface area (Å²) in [4.78, 5) is 31.5. The third-order valence-corrected chi connectivity index (χ3v) is 6.01. The summed E-state index contributed by atoms with van der Waals surface area (Å²) in [7, 11) is 1.62. The van der Waals surface area contributed by atoms with Crippen LogP contribution >= 0.6 is 0 Å². The number of morpholine rings is 1. The highest BCUT2D eigenvalue weighted by Gasteiger charge is 2.32. The number of likely N-dealkylation sites (tertiary alicyclic amines) is 1. The Hall–Kier alpha value is -2.12. The molecule has 7 heteroatoms. The Morgan fingerprint density at radius 1 is 1.24 bits per heavy atom. The topological polar surface area (TPSA) is 62.3 Å². The molecule has 1 aromatic rings. The van der Waals surface area contributed by atoms with Crippen LogP contribution in [0.1, 0.15) is 35.7 Å². The van der Waals surface area contributed by atoms with Crippen molar-refractivity contribution in [2.24, 2.45) is 0 Å².